The van der Waals surface area contributed by atoms with Crippen LogP contribution in [0.5, 0.6) is 0 Å². The average molecular weight is 356 g/mol. The van der Waals surface area contributed by atoms with Gasteiger partial charge in [0.15, 0.2) is 0 Å². The maximum Gasteiger partial charge on any atom is 0.0544 e. The number of aromatic nitrogens is 1. The molecule has 1 heteroatoms. The van der Waals surface area contributed by atoms with Gasteiger partial charge in [0.1, 0.15) is 0 Å². The van der Waals surface area contributed by atoms with E-state index in [-0.39, 0.29) is 10.8 Å². The van der Waals surface area contributed by atoms with Crippen LogP contribution in [0, 0.1) is 0 Å². The van der Waals surface area contributed by atoms with Crippen LogP contribution in [0.3, 0.4) is 0 Å². The lowest BCUT2D eigenvalue weighted by Gasteiger charge is -2.19. The molecule has 0 saturated carbocycles. The minimum absolute atomic E-state index is 0.128. The van der Waals surface area contributed by atoms with E-state index in [4.69, 9.17) is 0 Å². The number of hydrogen-bond donors (Lipinski definition) is 0. The number of nitrogens with zero attached hydrogens (tertiary/aromatic N) is 1. The second-order valence-corrected chi connectivity index (χ2v) is 9.63. The summed E-state index contributed by atoms with van der Waals surface area (Å²) in [7, 11) is 0. The van der Waals surface area contributed by atoms with Crippen LogP contribution in [-0.2, 0) is 10.8 Å². The van der Waals surface area contributed by atoms with Crippen molar-refractivity contribution in [3.63, 3.8) is 0 Å². The zero-order valence-electron chi connectivity index (χ0n) is 17.3. The number of para-hydroxylation sites is 1. The molecule has 1 nitrogen and oxygen atoms in total. The molecule has 1 aromatic heterocycles. The van der Waals surface area contributed by atoms with Gasteiger partial charge < -0.3 is 4.57 Å². The SMILES string of the molecule is CC(C)(C)c1ccc2c(c1)c1ccc(C(C)(C)C)cc1n2-c1ccccc1. The first-order chi connectivity index (χ1) is 12.7. The summed E-state index contributed by atoms with van der Waals surface area (Å²) in [4.78, 5) is 0. The van der Waals surface area contributed by atoms with Gasteiger partial charge in [0.2, 0.25) is 0 Å². The van der Waals surface area contributed by atoms with Crippen LogP contribution in [0.1, 0.15) is 52.7 Å². The van der Waals surface area contributed by atoms with Crippen LogP contribution in [0.2, 0.25) is 0 Å². The summed E-state index contributed by atoms with van der Waals surface area (Å²) in [5, 5.41) is 2.66. The highest BCUT2D eigenvalue weighted by Gasteiger charge is 2.20. The highest BCUT2D eigenvalue weighted by atomic mass is 15.0. The first kappa shape index (κ1) is 17.9. The van der Waals surface area contributed by atoms with Crippen LogP contribution < -0.4 is 0 Å². The summed E-state index contributed by atoms with van der Waals surface area (Å²) >= 11 is 0. The van der Waals surface area contributed by atoms with Gasteiger partial charge in [-0.15, -0.1) is 0 Å². The van der Waals surface area contributed by atoms with Crippen molar-refractivity contribution in [2.75, 3.05) is 0 Å². The molecule has 4 aromatic rings. The van der Waals surface area contributed by atoms with E-state index in [1.807, 2.05) is 0 Å². The van der Waals surface area contributed by atoms with Crippen molar-refractivity contribution in [3.05, 3.63) is 77.9 Å². The van der Waals surface area contributed by atoms with E-state index >= 15 is 0 Å². The fourth-order valence-corrected chi connectivity index (χ4v) is 3.81. The molecule has 0 spiro atoms. The number of rotatable bonds is 1. The highest BCUT2D eigenvalue weighted by Crippen LogP contribution is 2.37. The maximum absolute atomic E-state index is 2.41. The lowest BCUT2D eigenvalue weighted by molar-refractivity contribution is 0.591. The topological polar surface area (TPSA) is 4.93 Å². The molecule has 4 rings (SSSR count). The Bertz CT molecular complexity index is 1120. The van der Waals surface area contributed by atoms with Gasteiger partial charge in [0.05, 0.1) is 11.0 Å². The van der Waals surface area contributed by atoms with Gasteiger partial charge in [-0.3, -0.25) is 0 Å². The Balaban J connectivity index is 2.13. The van der Waals surface area contributed by atoms with Crippen molar-refractivity contribution in [1.29, 1.82) is 0 Å². The summed E-state index contributed by atoms with van der Waals surface area (Å²) < 4.78 is 2.41. The van der Waals surface area contributed by atoms with Gasteiger partial charge in [-0.2, -0.15) is 0 Å². The molecular formula is C26H29N. The largest absolute Gasteiger partial charge is 0.309 e. The van der Waals surface area contributed by atoms with E-state index in [0.717, 1.165) is 0 Å². The first-order valence-corrected chi connectivity index (χ1v) is 9.81. The Kier molecular flexibility index (Phi) is 3.96. The normalized spacial score (nSPS) is 12.8. The predicted octanol–water partition coefficient (Wildman–Crippen LogP) is 7.38. The lowest BCUT2D eigenvalue weighted by Crippen LogP contribution is -2.10. The third-order valence-corrected chi connectivity index (χ3v) is 5.51. The van der Waals surface area contributed by atoms with Crippen LogP contribution in [0.25, 0.3) is 27.5 Å². The van der Waals surface area contributed by atoms with E-state index in [1.54, 1.807) is 0 Å². The summed E-state index contributed by atoms with van der Waals surface area (Å²) in [6.07, 6.45) is 0. The molecule has 0 bridgehead atoms. The van der Waals surface area contributed by atoms with Crippen LogP contribution in [0.15, 0.2) is 66.7 Å². The Morgan fingerprint density at radius 3 is 1.78 bits per heavy atom. The monoisotopic (exact) mass is 355 g/mol. The molecule has 0 aliphatic heterocycles. The Hall–Kier alpha value is -2.54. The van der Waals surface area contributed by atoms with E-state index < -0.39 is 0 Å². The molecule has 0 atom stereocenters. The summed E-state index contributed by atoms with van der Waals surface area (Å²) in [6.45, 7) is 13.7. The Labute approximate surface area is 162 Å². The van der Waals surface area contributed by atoms with Crippen LogP contribution in [0.4, 0.5) is 0 Å². The van der Waals surface area contributed by atoms with Crippen LogP contribution >= 0.6 is 0 Å². The second-order valence-electron chi connectivity index (χ2n) is 9.63. The first-order valence-electron chi connectivity index (χ1n) is 9.81. The van der Waals surface area contributed by atoms with Crippen molar-refractivity contribution in [2.24, 2.45) is 0 Å². The van der Waals surface area contributed by atoms with Gasteiger partial charge in [-0.05, 0) is 52.3 Å². The van der Waals surface area contributed by atoms with Gasteiger partial charge >= 0.3 is 0 Å². The Morgan fingerprint density at radius 2 is 1.15 bits per heavy atom. The van der Waals surface area contributed by atoms with E-state index in [1.165, 1.54) is 38.6 Å². The minimum Gasteiger partial charge on any atom is -0.309 e. The molecule has 0 aliphatic carbocycles. The second kappa shape index (κ2) is 5.99. The van der Waals surface area contributed by atoms with Crippen molar-refractivity contribution in [1.82, 2.24) is 4.57 Å². The zero-order chi connectivity index (χ0) is 19.4. The van der Waals surface area contributed by atoms with Crippen molar-refractivity contribution in [3.8, 4) is 5.69 Å². The highest BCUT2D eigenvalue weighted by molar-refractivity contribution is 6.09. The maximum atomic E-state index is 2.41. The van der Waals surface area contributed by atoms with E-state index in [0.29, 0.717) is 0 Å². The van der Waals surface area contributed by atoms with E-state index in [2.05, 4.69) is 113 Å². The molecule has 0 unspecified atom stereocenters. The number of hydrogen-bond acceptors (Lipinski definition) is 0. The number of benzene rings is 3. The van der Waals surface area contributed by atoms with Gasteiger partial charge in [-0.1, -0.05) is 77.9 Å². The molecule has 27 heavy (non-hydrogen) atoms. The molecule has 0 fully saturated rings. The summed E-state index contributed by atoms with van der Waals surface area (Å²) in [6, 6.07) is 24.6. The quantitative estimate of drug-likeness (QED) is 0.336. The fraction of sp³-hybridized carbons (Fsp3) is 0.308. The molecule has 0 saturated heterocycles. The van der Waals surface area contributed by atoms with Crippen molar-refractivity contribution < 1.29 is 0 Å². The van der Waals surface area contributed by atoms with Gasteiger partial charge in [0, 0.05) is 16.5 Å². The van der Waals surface area contributed by atoms with Gasteiger partial charge in [0.25, 0.3) is 0 Å². The predicted molar refractivity (Wildman–Crippen MR) is 118 cm³/mol. The standard InChI is InChI=1S/C26H29N/c1-25(2,3)18-13-15-23-22(16-18)21-14-12-19(26(4,5)6)17-24(21)27(23)20-10-8-7-9-11-20/h7-17H,1-6H3. The average Bonchev–Trinajstić information content (AvgIpc) is 2.94. The zero-order valence-corrected chi connectivity index (χ0v) is 17.3. The minimum atomic E-state index is 0.128. The van der Waals surface area contributed by atoms with Crippen molar-refractivity contribution in [2.45, 2.75) is 52.4 Å². The third kappa shape index (κ3) is 3.06. The van der Waals surface area contributed by atoms with Gasteiger partial charge in [-0.25, -0.2) is 0 Å². The third-order valence-electron chi connectivity index (χ3n) is 5.51. The summed E-state index contributed by atoms with van der Waals surface area (Å²) in [5.74, 6) is 0. The smallest absolute Gasteiger partial charge is 0.0544 e. The molecule has 0 aliphatic rings. The fourth-order valence-electron chi connectivity index (χ4n) is 3.81. The molecular weight excluding hydrogens is 326 g/mol. The van der Waals surface area contributed by atoms with Crippen molar-refractivity contribution >= 4 is 21.8 Å². The molecule has 0 radical (unpaired) electrons. The molecule has 0 amide bonds. The lowest BCUT2D eigenvalue weighted by atomic mass is 9.85. The number of fused-ring (bicyclic) bond motifs is 3. The molecule has 1 heterocycles. The molecule has 3 aromatic carbocycles. The van der Waals surface area contributed by atoms with E-state index in [9.17, 15) is 0 Å². The Morgan fingerprint density at radius 1 is 0.556 bits per heavy atom. The molecule has 0 N–H and O–H groups in total. The molecule has 138 valence electrons. The van der Waals surface area contributed by atoms with Crippen LogP contribution in [-0.4, -0.2) is 4.57 Å². The summed E-state index contributed by atoms with van der Waals surface area (Å²) in [5.41, 5.74) is 6.79.